The Kier molecular flexibility index (Phi) is 5.07. The van der Waals surface area contributed by atoms with Gasteiger partial charge >= 0.3 is 0 Å². The molecule has 2 nitrogen and oxygen atoms in total. The summed E-state index contributed by atoms with van der Waals surface area (Å²) in [6.07, 6.45) is 3.79. The largest absolute Gasteiger partial charge is 0.274 e. The molecule has 0 saturated heterocycles. The minimum absolute atomic E-state index is 0.924. The standard InChI is InChI=1S/C7H14N2/c1-4-6-9-7(5-2)8-3/h6H,4-5H2,1-3H3. The third-order valence-electron chi connectivity index (χ3n) is 0.997. The zero-order valence-corrected chi connectivity index (χ0v) is 6.39. The Morgan fingerprint density at radius 2 is 2.11 bits per heavy atom. The summed E-state index contributed by atoms with van der Waals surface area (Å²) in [6.45, 7) is 4.11. The lowest BCUT2D eigenvalue weighted by atomic mass is 10.4. The van der Waals surface area contributed by atoms with Crippen LogP contribution < -0.4 is 0 Å². The quantitative estimate of drug-likeness (QED) is 0.399. The van der Waals surface area contributed by atoms with Crippen LogP contribution in [-0.2, 0) is 0 Å². The Labute approximate surface area is 56.7 Å². The van der Waals surface area contributed by atoms with E-state index in [0.29, 0.717) is 0 Å². The molecule has 0 heterocycles. The summed E-state index contributed by atoms with van der Waals surface area (Å²) in [5.74, 6) is 0.928. The van der Waals surface area contributed by atoms with Crippen LogP contribution in [0.2, 0.25) is 0 Å². The van der Waals surface area contributed by atoms with E-state index in [9.17, 15) is 0 Å². The fourth-order valence-corrected chi connectivity index (χ4v) is 0.504. The number of amidine groups is 1. The van der Waals surface area contributed by atoms with Crippen LogP contribution in [0.5, 0.6) is 0 Å². The van der Waals surface area contributed by atoms with Gasteiger partial charge in [0.25, 0.3) is 0 Å². The molecule has 2 heteroatoms. The first-order chi connectivity index (χ1) is 4.35. The van der Waals surface area contributed by atoms with Crippen molar-refractivity contribution in [1.29, 1.82) is 0 Å². The third kappa shape index (κ3) is 3.88. The summed E-state index contributed by atoms with van der Waals surface area (Å²) in [6, 6.07) is 0. The smallest absolute Gasteiger partial charge is 0.122 e. The Hall–Kier alpha value is -0.660. The van der Waals surface area contributed by atoms with E-state index >= 15 is 0 Å². The molecule has 0 atom stereocenters. The molecule has 0 amide bonds. The molecule has 0 spiro atoms. The second-order valence-corrected chi connectivity index (χ2v) is 1.71. The van der Waals surface area contributed by atoms with Crippen LogP contribution >= 0.6 is 0 Å². The maximum absolute atomic E-state index is 4.10. The molecule has 0 saturated carbocycles. The number of nitrogens with zero attached hydrogens (tertiary/aromatic N) is 2. The van der Waals surface area contributed by atoms with Crippen molar-refractivity contribution in [3.8, 4) is 0 Å². The first-order valence-corrected chi connectivity index (χ1v) is 3.33. The predicted molar refractivity (Wildman–Crippen MR) is 42.4 cm³/mol. The van der Waals surface area contributed by atoms with Crippen LogP contribution in [0, 0.1) is 0 Å². The van der Waals surface area contributed by atoms with Gasteiger partial charge in [0.2, 0.25) is 0 Å². The molecule has 0 bridgehead atoms. The fourth-order valence-electron chi connectivity index (χ4n) is 0.504. The number of rotatable bonds is 2. The minimum atomic E-state index is 0.924. The van der Waals surface area contributed by atoms with Crippen molar-refractivity contribution < 1.29 is 0 Å². The molecule has 52 valence electrons. The Morgan fingerprint density at radius 1 is 1.44 bits per heavy atom. The normalized spacial score (nSPS) is 13.0. The van der Waals surface area contributed by atoms with Crippen LogP contribution in [0.3, 0.4) is 0 Å². The van der Waals surface area contributed by atoms with Crippen LogP contribution in [-0.4, -0.2) is 19.1 Å². The maximum Gasteiger partial charge on any atom is 0.122 e. The average Bonchev–Trinajstić information content (AvgIpc) is 1.91. The molecule has 0 aromatic rings. The van der Waals surface area contributed by atoms with Crippen LogP contribution in [0.4, 0.5) is 0 Å². The molecule has 0 rings (SSSR count). The summed E-state index contributed by atoms with van der Waals surface area (Å²) >= 11 is 0. The van der Waals surface area contributed by atoms with E-state index in [2.05, 4.69) is 23.8 Å². The molecule has 0 radical (unpaired) electrons. The number of aliphatic imine (C=N–C) groups is 2. The molecular formula is C7H14N2. The van der Waals surface area contributed by atoms with Gasteiger partial charge in [-0.15, -0.1) is 0 Å². The molecule has 0 aliphatic rings. The fraction of sp³-hybridized carbons (Fsp3) is 0.714. The molecule has 9 heavy (non-hydrogen) atoms. The van der Waals surface area contributed by atoms with Gasteiger partial charge in [-0.3, -0.25) is 4.99 Å². The second kappa shape index (κ2) is 5.48. The first kappa shape index (κ1) is 8.34. The Bertz CT molecular complexity index is 114. The second-order valence-electron chi connectivity index (χ2n) is 1.71. The van der Waals surface area contributed by atoms with Crippen molar-refractivity contribution in [2.75, 3.05) is 7.05 Å². The van der Waals surface area contributed by atoms with Crippen molar-refractivity contribution >= 4 is 12.1 Å². The number of hydrogen-bond donors (Lipinski definition) is 0. The highest BCUT2D eigenvalue weighted by Gasteiger charge is 1.84. The highest BCUT2D eigenvalue weighted by molar-refractivity contribution is 5.89. The van der Waals surface area contributed by atoms with Crippen molar-refractivity contribution in [3.63, 3.8) is 0 Å². The van der Waals surface area contributed by atoms with Gasteiger partial charge in [-0.2, -0.15) is 0 Å². The number of hydrogen-bond acceptors (Lipinski definition) is 1. The van der Waals surface area contributed by atoms with Gasteiger partial charge in [0.1, 0.15) is 5.84 Å². The van der Waals surface area contributed by atoms with Crippen molar-refractivity contribution in [1.82, 2.24) is 0 Å². The summed E-state index contributed by atoms with van der Waals surface area (Å²) in [7, 11) is 1.77. The molecule has 0 aliphatic carbocycles. The SMILES string of the molecule is CCC=NC(CC)=NC. The predicted octanol–water partition coefficient (Wildman–Crippen LogP) is 1.91. The summed E-state index contributed by atoms with van der Waals surface area (Å²) in [5, 5.41) is 0. The topological polar surface area (TPSA) is 24.7 Å². The van der Waals surface area contributed by atoms with Gasteiger partial charge < -0.3 is 0 Å². The molecule has 0 aromatic carbocycles. The average molecular weight is 126 g/mol. The minimum Gasteiger partial charge on any atom is -0.274 e. The van der Waals surface area contributed by atoms with E-state index in [1.165, 1.54) is 0 Å². The van der Waals surface area contributed by atoms with Crippen LogP contribution in [0.15, 0.2) is 9.98 Å². The van der Waals surface area contributed by atoms with Crippen molar-refractivity contribution in [3.05, 3.63) is 0 Å². The highest BCUT2D eigenvalue weighted by Crippen LogP contribution is 1.85. The molecule has 0 unspecified atom stereocenters. The van der Waals surface area contributed by atoms with E-state index in [1.807, 2.05) is 6.21 Å². The summed E-state index contributed by atoms with van der Waals surface area (Å²) in [4.78, 5) is 8.07. The molecule has 0 aromatic heterocycles. The lowest BCUT2D eigenvalue weighted by Crippen LogP contribution is -1.90. The molecule has 0 aliphatic heterocycles. The maximum atomic E-state index is 4.10. The third-order valence-corrected chi connectivity index (χ3v) is 0.997. The summed E-state index contributed by atoms with van der Waals surface area (Å²) < 4.78 is 0. The van der Waals surface area contributed by atoms with Gasteiger partial charge in [0.05, 0.1) is 0 Å². The monoisotopic (exact) mass is 126 g/mol. The van der Waals surface area contributed by atoms with Gasteiger partial charge in [-0.25, -0.2) is 4.99 Å². The first-order valence-electron chi connectivity index (χ1n) is 3.33. The van der Waals surface area contributed by atoms with E-state index in [0.717, 1.165) is 18.7 Å². The lowest BCUT2D eigenvalue weighted by Gasteiger charge is -1.89. The van der Waals surface area contributed by atoms with E-state index in [4.69, 9.17) is 0 Å². The van der Waals surface area contributed by atoms with Gasteiger partial charge in [0.15, 0.2) is 0 Å². The molecular weight excluding hydrogens is 112 g/mol. The zero-order valence-electron chi connectivity index (χ0n) is 6.39. The van der Waals surface area contributed by atoms with Crippen LogP contribution in [0.25, 0.3) is 0 Å². The van der Waals surface area contributed by atoms with Gasteiger partial charge in [-0.05, 0) is 6.42 Å². The van der Waals surface area contributed by atoms with E-state index in [-0.39, 0.29) is 0 Å². The van der Waals surface area contributed by atoms with E-state index < -0.39 is 0 Å². The molecule has 0 fully saturated rings. The summed E-state index contributed by atoms with van der Waals surface area (Å²) in [5.41, 5.74) is 0. The Balaban J connectivity index is 3.70. The van der Waals surface area contributed by atoms with Gasteiger partial charge in [-0.1, -0.05) is 13.8 Å². The van der Waals surface area contributed by atoms with E-state index in [1.54, 1.807) is 7.05 Å². The lowest BCUT2D eigenvalue weighted by molar-refractivity contribution is 1.21. The highest BCUT2D eigenvalue weighted by atomic mass is 14.9. The van der Waals surface area contributed by atoms with Crippen molar-refractivity contribution in [2.45, 2.75) is 26.7 Å². The van der Waals surface area contributed by atoms with Crippen molar-refractivity contribution in [2.24, 2.45) is 9.98 Å². The van der Waals surface area contributed by atoms with Crippen LogP contribution in [0.1, 0.15) is 26.7 Å². The van der Waals surface area contributed by atoms with Gasteiger partial charge in [0, 0.05) is 19.7 Å². The molecule has 0 N–H and O–H groups in total. The Morgan fingerprint density at radius 3 is 2.44 bits per heavy atom. The zero-order chi connectivity index (χ0) is 7.11.